The fraction of sp³-hybridized carbons (Fsp3) is 0.353. The Bertz CT molecular complexity index is 643. The van der Waals surface area contributed by atoms with Crippen LogP contribution in [0.1, 0.15) is 12.5 Å². The number of benzene rings is 1. The number of nitrogens with zero attached hydrogens (tertiary/aromatic N) is 1. The lowest BCUT2D eigenvalue weighted by Gasteiger charge is -2.24. The van der Waals surface area contributed by atoms with Gasteiger partial charge in [-0.1, -0.05) is 0 Å². The highest BCUT2D eigenvalue weighted by Gasteiger charge is 2.20. The largest absolute Gasteiger partial charge is 0.497 e. The summed E-state index contributed by atoms with van der Waals surface area (Å²) in [5.74, 6) is 1.18. The summed E-state index contributed by atoms with van der Waals surface area (Å²) in [5.41, 5.74) is 1.81. The Morgan fingerprint density at radius 3 is 2.70 bits per heavy atom. The van der Waals surface area contributed by atoms with Crippen LogP contribution in [0.4, 0.5) is 5.69 Å². The summed E-state index contributed by atoms with van der Waals surface area (Å²) in [4.78, 5) is 14.5. The maximum absolute atomic E-state index is 12.5. The van der Waals surface area contributed by atoms with E-state index in [2.05, 4.69) is 16.8 Å². The first-order valence-corrected chi connectivity index (χ1v) is 8.23. The standard InChI is InChI=1S/C17H22N2O3S/c1-12(19(2)10-13-7-8-23-11-13)17(20)18-15-9-14(21-3)5-6-16(15)22-4/h5-9,11-12H,10H2,1-4H3,(H,18,20)/t12-/m1/s1. The first-order valence-electron chi connectivity index (χ1n) is 7.29. The van der Waals surface area contributed by atoms with Gasteiger partial charge in [-0.3, -0.25) is 9.69 Å². The molecular weight excluding hydrogens is 312 g/mol. The van der Waals surface area contributed by atoms with Gasteiger partial charge in [0.25, 0.3) is 0 Å². The number of thiophene rings is 1. The van der Waals surface area contributed by atoms with Crippen LogP contribution in [0, 0.1) is 0 Å². The third-order valence-corrected chi connectivity index (χ3v) is 4.45. The molecule has 124 valence electrons. The van der Waals surface area contributed by atoms with Crippen molar-refractivity contribution in [1.82, 2.24) is 4.90 Å². The van der Waals surface area contributed by atoms with Gasteiger partial charge < -0.3 is 14.8 Å². The van der Waals surface area contributed by atoms with Crippen LogP contribution in [-0.4, -0.2) is 38.1 Å². The van der Waals surface area contributed by atoms with Crippen LogP contribution in [0.5, 0.6) is 11.5 Å². The van der Waals surface area contributed by atoms with Gasteiger partial charge in [0.05, 0.1) is 25.9 Å². The van der Waals surface area contributed by atoms with Gasteiger partial charge >= 0.3 is 0 Å². The van der Waals surface area contributed by atoms with E-state index in [-0.39, 0.29) is 11.9 Å². The summed E-state index contributed by atoms with van der Waals surface area (Å²) >= 11 is 1.66. The average Bonchev–Trinajstić information content (AvgIpc) is 3.06. The van der Waals surface area contributed by atoms with Crippen LogP contribution in [0.3, 0.4) is 0 Å². The van der Waals surface area contributed by atoms with Gasteiger partial charge in [0.1, 0.15) is 11.5 Å². The molecule has 1 amide bonds. The predicted molar refractivity (Wildman–Crippen MR) is 93.4 cm³/mol. The summed E-state index contributed by atoms with van der Waals surface area (Å²) in [6.45, 7) is 2.61. The number of amides is 1. The number of carbonyl (C=O) groups excluding carboxylic acids is 1. The number of nitrogens with one attached hydrogen (secondary N) is 1. The van der Waals surface area contributed by atoms with Crippen molar-refractivity contribution in [1.29, 1.82) is 0 Å². The first-order chi connectivity index (χ1) is 11.0. The van der Waals surface area contributed by atoms with E-state index in [1.54, 1.807) is 43.8 Å². The SMILES string of the molecule is COc1ccc(OC)c(NC(=O)[C@@H](C)N(C)Cc2ccsc2)c1. The molecule has 0 radical (unpaired) electrons. The second-order valence-corrected chi connectivity index (χ2v) is 6.06. The van der Waals surface area contributed by atoms with Gasteiger partial charge in [-0.25, -0.2) is 0 Å². The van der Waals surface area contributed by atoms with Crippen molar-refractivity contribution >= 4 is 22.9 Å². The molecule has 1 N–H and O–H groups in total. The number of carbonyl (C=O) groups is 1. The number of methoxy groups -OCH3 is 2. The molecule has 0 saturated carbocycles. The van der Waals surface area contributed by atoms with Crippen LogP contribution < -0.4 is 14.8 Å². The van der Waals surface area contributed by atoms with Crippen molar-refractivity contribution in [3.8, 4) is 11.5 Å². The third-order valence-electron chi connectivity index (χ3n) is 3.72. The second-order valence-electron chi connectivity index (χ2n) is 5.28. The Balaban J connectivity index is 2.05. The van der Waals surface area contributed by atoms with E-state index in [9.17, 15) is 4.79 Å². The fourth-order valence-corrected chi connectivity index (χ4v) is 2.82. The van der Waals surface area contributed by atoms with Crippen molar-refractivity contribution in [2.24, 2.45) is 0 Å². The molecule has 1 heterocycles. The summed E-state index contributed by atoms with van der Waals surface area (Å²) < 4.78 is 10.5. The number of rotatable bonds is 7. The molecule has 0 fully saturated rings. The van der Waals surface area contributed by atoms with E-state index >= 15 is 0 Å². The number of hydrogen-bond donors (Lipinski definition) is 1. The molecule has 0 aliphatic heterocycles. The summed E-state index contributed by atoms with van der Waals surface area (Å²) in [6.07, 6.45) is 0. The predicted octanol–water partition coefficient (Wildman–Crippen LogP) is 3.22. The van der Waals surface area contributed by atoms with E-state index in [4.69, 9.17) is 9.47 Å². The minimum absolute atomic E-state index is 0.0886. The highest BCUT2D eigenvalue weighted by atomic mass is 32.1. The van der Waals surface area contributed by atoms with E-state index in [0.717, 1.165) is 6.54 Å². The molecule has 0 aliphatic rings. The van der Waals surface area contributed by atoms with Gasteiger partial charge in [0, 0.05) is 12.6 Å². The van der Waals surface area contributed by atoms with Gasteiger partial charge in [0.15, 0.2) is 0 Å². The van der Waals surface area contributed by atoms with Crippen molar-refractivity contribution in [2.45, 2.75) is 19.5 Å². The van der Waals surface area contributed by atoms with Crippen LogP contribution >= 0.6 is 11.3 Å². The molecule has 1 atom stereocenters. The molecule has 2 rings (SSSR count). The Kier molecular flexibility index (Phi) is 6.01. The first kappa shape index (κ1) is 17.3. The molecular formula is C17H22N2O3S. The molecule has 0 unspecified atom stereocenters. The van der Waals surface area contributed by atoms with E-state index < -0.39 is 0 Å². The number of hydrogen-bond acceptors (Lipinski definition) is 5. The Morgan fingerprint density at radius 1 is 1.30 bits per heavy atom. The number of anilines is 1. The van der Waals surface area contributed by atoms with Gasteiger partial charge in [-0.2, -0.15) is 11.3 Å². The van der Waals surface area contributed by atoms with Crippen LogP contribution in [0.25, 0.3) is 0 Å². The molecule has 6 heteroatoms. The van der Waals surface area contributed by atoms with E-state index in [1.165, 1.54) is 5.56 Å². The topological polar surface area (TPSA) is 50.8 Å². The molecule has 23 heavy (non-hydrogen) atoms. The lowest BCUT2D eigenvalue weighted by atomic mass is 10.2. The lowest BCUT2D eigenvalue weighted by molar-refractivity contribution is -0.120. The fourth-order valence-electron chi connectivity index (χ4n) is 2.16. The van der Waals surface area contributed by atoms with Crippen LogP contribution in [0.15, 0.2) is 35.0 Å². The Morgan fingerprint density at radius 2 is 2.09 bits per heavy atom. The zero-order valence-corrected chi connectivity index (χ0v) is 14.6. The Hall–Kier alpha value is -2.05. The van der Waals surface area contributed by atoms with Crippen LogP contribution in [0.2, 0.25) is 0 Å². The smallest absolute Gasteiger partial charge is 0.241 e. The zero-order valence-electron chi connectivity index (χ0n) is 13.8. The maximum Gasteiger partial charge on any atom is 0.241 e. The quantitative estimate of drug-likeness (QED) is 0.845. The zero-order chi connectivity index (χ0) is 16.8. The maximum atomic E-state index is 12.5. The van der Waals surface area contributed by atoms with Gasteiger partial charge in [-0.15, -0.1) is 0 Å². The van der Waals surface area contributed by atoms with Crippen molar-refractivity contribution in [2.75, 3.05) is 26.6 Å². The molecule has 5 nitrogen and oxygen atoms in total. The normalized spacial score (nSPS) is 12.0. The molecule has 2 aromatic rings. The van der Waals surface area contributed by atoms with E-state index in [1.807, 2.05) is 24.3 Å². The average molecular weight is 334 g/mol. The van der Waals surface area contributed by atoms with E-state index in [0.29, 0.717) is 17.2 Å². The molecule has 0 bridgehead atoms. The minimum Gasteiger partial charge on any atom is -0.497 e. The summed E-state index contributed by atoms with van der Waals surface area (Å²) in [7, 11) is 5.10. The Labute approximate surface area is 140 Å². The number of likely N-dealkylation sites (N-methyl/N-ethyl adjacent to an activating group) is 1. The lowest BCUT2D eigenvalue weighted by Crippen LogP contribution is -2.39. The molecule has 0 aliphatic carbocycles. The van der Waals surface area contributed by atoms with Crippen molar-refractivity contribution in [3.63, 3.8) is 0 Å². The van der Waals surface area contributed by atoms with Gasteiger partial charge in [0.2, 0.25) is 5.91 Å². The highest BCUT2D eigenvalue weighted by Crippen LogP contribution is 2.29. The molecule has 0 saturated heterocycles. The van der Waals surface area contributed by atoms with Gasteiger partial charge in [-0.05, 0) is 48.5 Å². The summed E-state index contributed by atoms with van der Waals surface area (Å²) in [5, 5.41) is 7.04. The monoisotopic (exact) mass is 334 g/mol. The summed E-state index contributed by atoms with van der Waals surface area (Å²) in [6, 6.07) is 7.11. The van der Waals surface area contributed by atoms with Crippen molar-refractivity contribution < 1.29 is 14.3 Å². The highest BCUT2D eigenvalue weighted by molar-refractivity contribution is 7.07. The molecule has 0 spiro atoms. The van der Waals surface area contributed by atoms with Crippen molar-refractivity contribution in [3.05, 3.63) is 40.6 Å². The van der Waals surface area contributed by atoms with Crippen LogP contribution in [-0.2, 0) is 11.3 Å². The molecule has 1 aromatic heterocycles. The molecule has 1 aromatic carbocycles. The second kappa shape index (κ2) is 7.99. The third kappa shape index (κ3) is 4.46. The minimum atomic E-state index is -0.272. The number of ether oxygens (including phenoxy) is 2.